The molecule has 6 nitrogen and oxygen atoms in total. The fourth-order valence-corrected chi connectivity index (χ4v) is 2.72. The molecule has 1 rings (SSSR count). The van der Waals surface area contributed by atoms with E-state index in [-0.39, 0.29) is 29.0 Å². The minimum Gasteiger partial charge on any atom is -0.469 e. The van der Waals surface area contributed by atoms with Crippen molar-refractivity contribution in [3.05, 3.63) is 23.5 Å². The quantitative estimate of drug-likeness (QED) is 0.480. The van der Waals surface area contributed by atoms with Crippen molar-refractivity contribution in [3.8, 4) is 0 Å². The summed E-state index contributed by atoms with van der Waals surface area (Å²) in [6.45, 7) is 0.128. The molecule has 0 aliphatic heterocycles. The van der Waals surface area contributed by atoms with Gasteiger partial charge in [0.15, 0.2) is 0 Å². The molecule has 0 amide bonds. The van der Waals surface area contributed by atoms with Crippen molar-refractivity contribution < 1.29 is 17.9 Å². The summed E-state index contributed by atoms with van der Waals surface area (Å²) < 4.78 is 30.4. The molecular weight excluding hydrogens is 280 g/mol. The van der Waals surface area contributed by atoms with E-state index in [1.54, 1.807) is 0 Å². The molecule has 1 aromatic rings. The molecule has 0 atom stereocenters. The largest absolute Gasteiger partial charge is 0.469 e. The van der Waals surface area contributed by atoms with E-state index in [4.69, 9.17) is 11.6 Å². The van der Waals surface area contributed by atoms with Gasteiger partial charge in [0.25, 0.3) is 0 Å². The third kappa shape index (κ3) is 4.25. The van der Waals surface area contributed by atoms with E-state index in [0.29, 0.717) is 6.42 Å². The van der Waals surface area contributed by atoms with Crippen molar-refractivity contribution in [2.75, 3.05) is 13.7 Å². The lowest BCUT2D eigenvalue weighted by Crippen LogP contribution is -2.25. The lowest BCUT2D eigenvalue weighted by molar-refractivity contribution is -0.140. The molecule has 0 saturated carbocycles. The zero-order valence-corrected chi connectivity index (χ0v) is 11.3. The third-order valence-electron chi connectivity index (χ3n) is 2.09. The van der Waals surface area contributed by atoms with Crippen molar-refractivity contribution in [2.45, 2.75) is 17.7 Å². The zero-order chi connectivity index (χ0) is 13.6. The number of hydrogen-bond donors (Lipinski definition) is 1. The van der Waals surface area contributed by atoms with E-state index in [1.165, 1.54) is 25.4 Å². The van der Waals surface area contributed by atoms with Gasteiger partial charge >= 0.3 is 5.97 Å². The first-order chi connectivity index (χ1) is 8.47. The van der Waals surface area contributed by atoms with Gasteiger partial charge in [-0.1, -0.05) is 11.6 Å². The molecule has 0 radical (unpaired) electrons. The number of ether oxygens (including phenoxy) is 1. The average Bonchev–Trinajstić information content (AvgIpc) is 2.34. The van der Waals surface area contributed by atoms with Crippen LogP contribution < -0.4 is 4.72 Å². The number of esters is 1. The second-order valence-electron chi connectivity index (χ2n) is 3.37. The van der Waals surface area contributed by atoms with Crippen LogP contribution in [0.4, 0.5) is 0 Å². The van der Waals surface area contributed by atoms with Crippen molar-refractivity contribution in [2.24, 2.45) is 0 Å². The molecule has 1 heterocycles. The number of carbonyl (C=O) groups is 1. The third-order valence-corrected chi connectivity index (χ3v) is 4.00. The van der Waals surface area contributed by atoms with Crippen LogP contribution in [0.1, 0.15) is 12.8 Å². The number of rotatable bonds is 6. The van der Waals surface area contributed by atoms with E-state index in [0.717, 1.165) is 0 Å². The Bertz CT molecular complexity index is 518. The van der Waals surface area contributed by atoms with Gasteiger partial charge in [-0.15, -0.1) is 0 Å². The average molecular weight is 293 g/mol. The fourth-order valence-electron chi connectivity index (χ4n) is 1.19. The zero-order valence-electron chi connectivity index (χ0n) is 9.72. The molecule has 0 bridgehead atoms. The predicted molar refractivity (Wildman–Crippen MR) is 65.7 cm³/mol. The van der Waals surface area contributed by atoms with Crippen LogP contribution in [0.25, 0.3) is 0 Å². The van der Waals surface area contributed by atoms with Gasteiger partial charge in [-0.25, -0.2) is 18.1 Å². The van der Waals surface area contributed by atoms with Crippen molar-refractivity contribution in [3.63, 3.8) is 0 Å². The summed E-state index contributed by atoms with van der Waals surface area (Å²) in [6, 6.07) is 2.84. The smallest absolute Gasteiger partial charge is 0.305 e. The molecule has 0 aromatic carbocycles. The topological polar surface area (TPSA) is 85.4 Å². The molecule has 18 heavy (non-hydrogen) atoms. The Morgan fingerprint density at radius 2 is 2.28 bits per heavy atom. The van der Waals surface area contributed by atoms with Crippen molar-refractivity contribution in [1.29, 1.82) is 0 Å². The predicted octanol–water partition coefficient (Wildman–Crippen LogP) is 0.966. The summed E-state index contributed by atoms with van der Waals surface area (Å²) in [5.41, 5.74) is 0. The molecule has 1 N–H and O–H groups in total. The Labute approximate surface area is 110 Å². The number of hydrogen-bond acceptors (Lipinski definition) is 5. The maximum atomic E-state index is 11.8. The first-order valence-electron chi connectivity index (χ1n) is 5.14. The fraction of sp³-hybridized carbons (Fsp3) is 0.400. The Balaban J connectivity index is 2.56. The number of aromatic nitrogens is 1. The molecule has 0 fully saturated rings. The second-order valence-corrected chi connectivity index (χ2v) is 5.46. The maximum Gasteiger partial charge on any atom is 0.305 e. The Kier molecular flexibility index (Phi) is 5.52. The number of pyridine rings is 1. The number of nitrogens with zero attached hydrogens (tertiary/aromatic N) is 1. The van der Waals surface area contributed by atoms with Gasteiger partial charge in [-0.2, -0.15) is 0 Å². The minimum absolute atomic E-state index is 0.0789. The summed E-state index contributed by atoms with van der Waals surface area (Å²) in [5.74, 6) is -0.381. The highest BCUT2D eigenvalue weighted by Crippen LogP contribution is 2.17. The van der Waals surface area contributed by atoms with Crippen LogP contribution in [0.2, 0.25) is 5.15 Å². The maximum absolute atomic E-state index is 11.8. The van der Waals surface area contributed by atoms with E-state index in [9.17, 15) is 13.2 Å². The lowest BCUT2D eigenvalue weighted by Gasteiger charge is -2.07. The SMILES string of the molecule is COC(=O)CCCNS(=O)(=O)c1cccnc1Cl. The molecule has 8 heteroatoms. The molecule has 100 valence electrons. The van der Waals surface area contributed by atoms with Crippen molar-refractivity contribution in [1.82, 2.24) is 9.71 Å². The van der Waals surface area contributed by atoms with E-state index in [2.05, 4.69) is 14.4 Å². The van der Waals surface area contributed by atoms with Crippen LogP contribution in [0.5, 0.6) is 0 Å². The molecule has 0 saturated heterocycles. The van der Waals surface area contributed by atoms with Gasteiger partial charge in [0.1, 0.15) is 10.0 Å². The Morgan fingerprint density at radius 1 is 1.56 bits per heavy atom. The summed E-state index contributed by atoms with van der Waals surface area (Å²) in [5, 5.41) is -0.0852. The molecular formula is C10H13ClN2O4S. The molecule has 0 aliphatic carbocycles. The molecule has 0 unspecified atom stereocenters. The van der Waals surface area contributed by atoms with Gasteiger partial charge < -0.3 is 4.74 Å². The number of halogens is 1. The summed E-state index contributed by atoms with van der Waals surface area (Å²) in [7, 11) is -2.41. The van der Waals surface area contributed by atoms with Crippen LogP contribution in [-0.4, -0.2) is 33.0 Å². The van der Waals surface area contributed by atoms with Gasteiger partial charge in [-0.3, -0.25) is 4.79 Å². The first-order valence-corrected chi connectivity index (χ1v) is 7.00. The van der Waals surface area contributed by atoms with Crippen molar-refractivity contribution >= 4 is 27.6 Å². The highest BCUT2D eigenvalue weighted by molar-refractivity contribution is 7.89. The van der Waals surface area contributed by atoms with Gasteiger partial charge in [-0.05, 0) is 18.6 Å². The number of carbonyl (C=O) groups excluding carboxylic acids is 1. The monoisotopic (exact) mass is 292 g/mol. The molecule has 0 aliphatic rings. The van der Waals surface area contributed by atoms with E-state index < -0.39 is 10.0 Å². The number of sulfonamides is 1. The highest BCUT2D eigenvalue weighted by atomic mass is 35.5. The normalized spacial score (nSPS) is 11.2. The lowest BCUT2D eigenvalue weighted by atomic mass is 10.3. The van der Waals surface area contributed by atoms with Crippen LogP contribution in [-0.2, 0) is 19.6 Å². The van der Waals surface area contributed by atoms with Crippen LogP contribution >= 0.6 is 11.6 Å². The summed E-state index contributed by atoms with van der Waals surface area (Å²) in [6.07, 6.45) is 1.90. The van der Waals surface area contributed by atoms with Gasteiger partial charge in [0, 0.05) is 19.2 Å². The highest BCUT2D eigenvalue weighted by Gasteiger charge is 2.17. The van der Waals surface area contributed by atoms with E-state index in [1.807, 2.05) is 0 Å². The summed E-state index contributed by atoms with van der Waals surface area (Å²) in [4.78, 5) is 14.4. The standard InChI is InChI=1S/C10H13ClN2O4S/c1-17-9(14)5-3-7-13-18(15,16)8-4-2-6-12-10(8)11/h2,4,6,13H,3,5,7H2,1H3. The minimum atomic E-state index is -3.69. The Hall–Kier alpha value is -1.18. The van der Waals surface area contributed by atoms with Crippen LogP contribution in [0.15, 0.2) is 23.2 Å². The van der Waals surface area contributed by atoms with Gasteiger partial charge in [0.2, 0.25) is 10.0 Å². The summed E-state index contributed by atoms with van der Waals surface area (Å²) >= 11 is 5.69. The van der Waals surface area contributed by atoms with Crippen LogP contribution in [0, 0.1) is 0 Å². The Morgan fingerprint density at radius 3 is 2.89 bits per heavy atom. The van der Waals surface area contributed by atoms with Crippen LogP contribution in [0.3, 0.4) is 0 Å². The van der Waals surface area contributed by atoms with E-state index >= 15 is 0 Å². The first kappa shape index (κ1) is 14.9. The molecule has 1 aromatic heterocycles. The molecule has 0 spiro atoms. The number of methoxy groups -OCH3 is 1. The van der Waals surface area contributed by atoms with Gasteiger partial charge in [0.05, 0.1) is 7.11 Å². The number of nitrogens with one attached hydrogen (secondary N) is 1. The second kappa shape index (κ2) is 6.67.